The van der Waals surface area contributed by atoms with Crippen LogP contribution in [0.25, 0.3) is 0 Å². The highest BCUT2D eigenvalue weighted by Gasteiger charge is 2.28. The Bertz CT molecular complexity index is 709. The normalized spacial score (nSPS) is 11.4. The van der Waals surface area contributed by atoms with Gasteiger partial charge in [-0.2, -0.15) is 18.3 Å². The minimum Gasteiger partial charge on any atom is -0.375 e. The number of hydrogen-bond acceptors (Lipinski definition) is 3. The van der Waals surface area contributed by atoms with Crippen molar-refractivity contribution in [3.05, 3.63) is 42.0 Å². The first-order valence-corrected chi connectivity index (χ1v) is 6.53. The molecule has 1 N–H and O–H groups in total. The number of nitrogens with one attached hydrogen (secondary N) is 1. The summed E-state index contributed by atoms with van der Waals surface area (Å²) < 4.78 is 51.2. The minimum atomic E-state index is -4.40. The van der Waals surface area contributed by atoms with E-state index in [0.717, 1.165) is 18.5 Å². The fourth-order valence-corrected chi connectivity index (χ4v) is 1.91. The third kappa shape index (κ3) is 4.44. The molecule has 0 aliphatic carbocycles. The maximum Gasteiger partial charge on any atom is 0.408 e. The molecule has 1 amide bonds. The van der Waals surface area contributed by atoms with E-state index >= 15 is 0 Å². The molecule has 0 radical (unpaired) electrons. The first kappa shape index (κ1) is 16.8. The molecule has 5 nitrogen and oxygen atoms in total. The van der Waals surface area contributed by atoms with Gasteiger partial charge in [-0.05, 0) is 18.2 Å². The summed E-state index contributed by atoms with van der Waals surface area (Å²) in [7, 11) is 3.32. The van der Waals surface area contributed by atoms with Crippen LogP contribution in [0.5, 0.6) is 0 Å². The van der Waals surface area contributed by atoms with Gasteiger partial charge in [0.1, 0.15) is 12.4 Å². The van der Waals surface area contributed by atoms with E-state index in [1.165, 1.54) is 12.1 Å². The molecule has 9 heteroatoms. The molecule has 0 aliphatic rings. The van der Waals surface area contributed by atoms with Crippen molar-refractivity contribution in [3.8, 4) is 0 Å². The molecule has 0 bridgehead atoms. The van der Waals surface area contributed by atoms with Gasteiger partial charge >= 0.3 is 6.18 Å². The predicted molar refractivity (Wildman–Crippen MR) is 77.0 cm³/mol. The minimum absolute atomic E-state index is 0.0525. The van der Waals surface area contributed by atoms with Gasteiger partial charge in [0.15, 0.2) is 0 Å². The number of rotatable bonds is 4. The van der Waals surface area contributed by atoms with Crippen molar-refractivity contribution in [2.75, 3.05) is 24.3 Å². The molecule has 0 saturated carbocycles. The van der Waals surface area contributed by atoms with Crippen LogP contribution in [0.2, 0.25) is 0 Å². The second kappa shape index (κ2) is 6.27. The van der Waals surface area contributed by atoms with Crippen molar-refractivity contribution in [3.63, 3.8) is 0 Å². The first-order valence-electron chi connectivity index (χ1n) is 6.53. The molecule has 23 heavy (non-hydrogen) atoms. The van der Waals surface area contributed by atoms with Crippen LogP contribution < -0.4 is 10.2 Å². The molecule has 1 heterocycles. The van der Waals surface area contributed by atoms with Gasteiger partial charge < -0.3 is 10.2 Å². The average Bonchev–Trinajstić information content (AvgIpc) is 2.82. The molecular formula is C14H14F4N4O. The Hall–Kier alpha value is -2.58. The first-order chi connectivity index (χ1) is 10.7. The standard InChI is InChI=1S/C14H14F4N4O/c1-21(2)12-4-3-9(5-11(12)15)13(23)20-10-6-19-22(7-10)8-14(16,17)18/h3-7H,8H2,1-2H3,(H,20,23). The quantitative estimate of drug-likeness (QED) is 0.877. The Morgan fingerprint density at radius 2 is 2.04 bits per heavy atom. The van der Waals surface area contributed by atoms with Gasteiger partial charge in [0.25, 0.3) is 5.91 Å². The molecule has 0 fully saturated rings. The number of anilines is 2. The molecule has 1 aromatic heterocycles. The number of amides is 1. The maximum absolute atomic E-state index is 13.8. The molecule has 124 valence electrons. The summed E-state index contributed by atoms with van der Waals surface area (Å²) in [6, 6.07) is 3.93. The van der Waals surface area contributed by atoms with Crippen LogP contribution in [0.1, 0.15) is 10.4 Å². The smallest absolute Gasteiger partial charge is 0.375 e. The van der Waals surface area contributed by atoms with Crippen LogP contribution in [0.4, 0.5) is 28.9 Å². The summed E-state index contributed by atoms with van der Waals surface area (Å²) in [5.41, 5.74) is 0.465. The van der Waals surface area contributed by atoms with Crippen LogP contribution >= 0.6 is 0 Å². The zero-order valence-electron chi connectivity index (χ0n) is 12.4. The van der Waals surface area contributed by atoms with Gasteiger partial charge in [0, 0.05) is 25.9 Å². The monoisotopic (exact) mass is 330 g/mol. The molecule has 0 spiro atoms. The number of carbonyl (C=O) groups is 1. The second-order valence-electron chi connectivity index (χ2n) is 5.06. The number of alkyl halides is 3. The number of nitrogens with zero attached hydrogens (tertiary/aromatic N) is 3. The van der Waals surface area contributed by atoms with E-state index in [2.05, 4.69) is 10.4 Å². The summed E-state index contributed by atoms with van der Waals surface area (Å²) in [4.78, 5) is 13.5. The van der Waals surface area contributed by atoms with E-state index in [9.17, 15) is 22.4 Å². The Morgan fingerprint density at radius 3 is 2.61 bits per heavy atom. The zero-order valence-corrected chi connectivity index (χ0v) is 12.4. The van der Waals surface area contributed by atoms with Crippen LogP contribution in [0.3, 0.4) is 0 Å². The van der Waals surface area contributed by atoms with Gasteiger partial charge in [-0.25, -0.2) is 4.39 Å². The molecular weight excluding hydrogens is 316 g/mol. The molecule has 0 unspecified atom stereocenters. The molecule has 2 rings (SSSR count). The van der Waals surface area contributed by atoms with Crippen LogP contribution in [-0.4, -0.2) is 36.0 Å². The molecule has 0 saturated heterocycles. The van der Waals surface area contributed by atoms with Crippen molar-refractivity contribution in [2.45, 2.75) is 12.7 Å². The van der Waals surface area contributed by atoms with Crippen molar-refractivity contribution in [2.24, 2.45) is 0 Å². The van der Waals surface area contributed by atoms with Gasteiger partial charge in [-0.15, -0.1) is 0 Å². The fraction of sp³-hybridized carbons (Fsp3) is 0.286. The van der Waals surface area contributed by atoms with Crippen LogP contribution in [0.15, 0.2) is 30.6 Å². The number of carbonyl (C=O) groups excluding carboxylic acids is 1. The number of hydrogen-bond donors (Lipinski definition) is 1. The average molecular weight is 330 g/mol. The number of aromatic nitrogens is 2. The lowest BCUT2D eigenvalue weighted by Crippen LogP contribution is -2.18. The third-order valence-electron chi connectivity index (χ3n) is 2.92. The summed E-state index contributed by atoms with van der Waals surface area (Å²) in [5.74, 6) is -1.21. The van der Waals surface area contributed by atoms with Crippen LogP contribution in [0, 0.1) is 5.82 Å². The Morgan fingerprint density at radius 1 is 1.35 bits per heavy atom. The van der Waals surface area contributed by atoms with Crippen molar-refractivity contribution < 1.29 is 22.4 Å². The maximum atomic E-state index is 13.8. The van der Waals surface area contributed by atoms with Crippen molar-refractivity contribution in [1.29, 1.82) is 0 Å². The van der Waals surface area contributed by atoms with Gasteiger partial charge in [0.05, 0.1) is 17.6 Å². The van der Waals surface area contributed by atoms with E-state index in [4.69, 9.17) is 0 Å². The highest BCUT2D eigenvalue weighted by atomic mass is 19.4. The molecule has 1 aromatic carbocycles. The summed E-state index contributed by atoms with van der Waals surface area (Å²) in [6.07, 6.45) is -2.26. The lowest BCUT2D eigenvalue weighted by atomic mass is 10.1. The van der Waals surface area contributed by atoms with Crippen LogP contribution in [-0.2, 0) is 6.54 Å². The Balaban J connectivity index is 2.09. The Kier molecular flexibility index (Phi) is 4.57. The van der Waals surface area contributed by atoms with Gasteiger partial charge in [0.2, 0.25) is 0 Å². The van der Waals surface area contributed by atoms with E-state index in [0.29, 0.717) is 10.4 Å². The van der Waals surface area contributed by atoms with Crippen molar-refractivity contribution >= 4 is 17.3 Å². The highest BCUT2D eigenvalue weighted by Crippen LogP contribution is 2.20. The molecule has 0 aliphatic heterocycles. The van der Waals surface area contributed by atoms with E-state index in [-0.39, 0.29) is 11.3 Å². The predicted octanol–water partition coefficient (Wildman–Crippen LogP) is 2.90. The second-order valence-corrected chi connectivity index (χ2v) is 5.06. The fourth-order valence-electron chi connectivity index (χ4n) is 1.91. The van der Waals surface area contributed by atoms with Gasteiger partial charge in [-0.1, -0.05) is 0 Å². The van der Waals surface area contributed by atoms with E-state index in [1.807, 2.05) is 0 Å². The molecule has 0 atom stereocenters. The summed E-state index contributed by atoms with van der Waals surface area (Å²) in [5, 5.41) is 5.87. The lowest BCUT2D eigenvalue weighted by molar-refractivity contribution is -0.142. The summed E-state index contributed by atoms with van der Waals surface area (Å²) >= 11 is 0. The third-order valence-corrected chi connectivity index (χ3v) is 2.92. The highest BCUT2D eigenvalue weighted by molar-refractivity contribution is 6.04. The topological polar surface area (TPSA) is 50.2 Å². The SMILES string of the molecule is CN(C)c1ccc(C(=O)Nc2cnn(CC(F)(F)F)c2)cc1F. The van der Waals surface area contributed by atoms with Crippen molar-refractivity contribution in [1.82, 2.24) is 9.78 Å². The zero-order chi connectivity index (χ0) is 17.2. The Labute approximate surface area is 129 Å². The summed E-state index contributed by atoms with van der Waals surface area (Å²) in [6.45, 7) is -1.25. The van der Waals surface area contributed by atoms with E-state index in [1.54, 1.807) is 19.0 Å². The number of halogens is 4. The van der Waals surface area contributed by atoms with E-state index < -0.39 is 24.4 Å². The lowest BCUT2D eigenvalue weighted by Gasteiger charge is -2.14. The largest absolute Gasteiger partial charge is 0.408 e. The molecule has 2 aromatic rings. The van der Waals surface area contributed by atoms with Gasteiger partial charge in [-0.3, -0.25) is 9.48 Å². The number of benzene rings is 1.